The zero-order chi connectivity index (χ0) is 14.1. The Morgan fingerprint density at radius 2 is 1.90 bits per heavy atom. The number of rotatable bonds is 2. The summed E-state index contributed by atoms with van der Waals surface area (Å²) in [6.07, 6.45) is 0. The first-order valence-electron chi connectivity index (χ1n) is 6.36. The van der Waals surface area contributed by atoms with Gasteiger partial charge in [0.2, 0.25) is 0 Å². The van der Waals surface area contributed by atoms with Crippen LogP contribution in [0.5, 0.6) is 5.75 Å². The summed E-state index contributed by atoms with van der Waals surface area (Å²) in [7, 11) is 1.61. The van der Waals surface area contributed by atoms with Gasteiger partial charge < -0.3 is 9.15 Å². The molecule has 0 aliphatic heterocycles. The van der Waals surface area contributed by atoms with Gasteiger partial charge in [-0.2, -0.15) is 0 Å². The van der Waals surface area contributed by atoms with Crippen LogP contribution < -0.4 is 10.2 Å². The van der Waals surface area contributed by atoms with Crippen molar-refractivity contribution < 1.29 is 9.15 Å². The van der Waals surface area contributed by atoms with E-state index in [4.69, 9.17) is 9.15 Å². The van der Waals surface area contributed by atoms with Crippen molar-refractivity contribution in [2.75, 3.05) is 7.11 Å². The molecular weight excluding hydrogens is 252 g/mol. The van der Waals surface area contributed by atoms with Crippen molar-refractivity contribution in [2.24, 2.45) is 0 Å². The smallest absolute Gasteiger partial charge is 0.193 e. The summed E-state index contributed by atoms with van der Waals surface area (Å²) in [6, 6.07) is 14.6. The van der Waals surface area contributed by atoms with E-state index in [0.29, 0.717) is 16.7 Å². The summed E-state index contributed by atoms with van der Waals surface area (Å²) >= 11 is 0. The summed E-state index contributed by atoms with van der Waals surface area (Å²) in [6.45, 7) is 1.95. The molecule has 1 aromatic heterocycles. The Hall–Kier alpha value is -2.55. The second-order valence-corrected chi connectivity index (χ2v) is 4.71. The SMILES string of the molecule is COc1cccc(-c2cc(=O)c3cc(C)ccc3o2)c1. The van der Waals surface area contributed by atoms with Crippen molar-refractivity contribution in [1.82, 2.24) is 0 Å². The average Bonchev–Trinajstić information content (AvgIpc) is 2.48. The van der Waals surface area contributed by atoms with E-state index in [1.165, 1.54) is 6.07 Å². The van der Waals surface area contributed by atoms with Crippen LogP contribution in [0, 0.1) is 6.92 Å². The van der Waals surface area contributed by atoms with Gasteiger partial charge in [0.1, 0.15) is 17.1 Å². The Bertz CT molecular complexity index is 831. The fourth-order valence-corrected chi connectivity index (χ4v) is 2.19. The molecule has 2 aromatic carbocycles. The minimum absolute atomic E-state index is 0.0345. The van der Waals surface area contributed by atoms with Crippen LogP contribution in [-0.2, 0) is 0 Å². The van der Waals surface area contributed by atoms with Crippen molar-refractivity contribution in [3.63, 3.8) is 0 Å². The van der Waals surface area contributed by atoms with Crippen LogP contribution in [0.2, 0.25) is 0 Å². The zero-order valence-corrected chi connectivity index (χ0v) is 11.3. The lowest BCUT2D eigenvalue weighted by Crippen LogP contribution is -2.00. The van der Waals surface area contributed by atoms with E-state index in [1.54, 1.807) is 7.11 Å². The molecule has 100 valence electrons. The lowest BCUT2D eigenvalue weighted by molar-refractivity contribution is 0.415. The standard InChI is InChI=1S/C17H14O3/c1-11-6-7-16-14(8-11)15(18)10-17(20-16)12-4-3-5-13(9-12)19-2/h3-10H,1-2H3. The predicted molar refractivity (Wildman–Crippen MR) is 79.2 cm³/mol. The van der Waals surface area contributed by atoms with E-state index in [2.05, 4.69) is 0 Å². The summed E-state index contributed by atoms with van der Waals surface area (Å²) in [4.78, 5) is 12.2. The number of hydrogen-bond donors (Lipinski definition) is 0. The maximum Gasteiger partial charge on any atom is 0.193 e. The fourth-order valence-electron chi connectivity index (χ4n) is 2.19. The van der Waals surface area contributed by atoms with E-state index in [1.807, 2.05) is 49.4 Å². The molecule has 0 saturated heterocycles. The molecular formula is C17H14O3. The Kier molecular flexibility index (Phi) is 3.03. The van der Waals surface area contributed by atoms with E-state index >= 15 is 0 Å². The molecule has 3 rings (SSSR count). The molecule has 0 aliphatic rings. The topological polar surface area (TPSA) is 39.4 Å². The van der Waals surface area contributed by atoms with Gasteiger partial charge >= 0.3 is 0 Å². The first-order chi connectivity index (χ1) is 9.67. The van der Waals surface area contributed by atoms with E-state index in [9.17, 15) is 4.79 Å². The number of aryl methyl sites for hydroxylation is 1. The highest BCUT2D eigenvalue weighted by Gasteiger charge is 2.07. The van der Waals surface area contributed by atoms with Crippen molar-refractivity contribution in [3.05, 3.63) is 64.3 Å². The number of fused-ring (bicyclic) bond motifs is 1. The first-order valence-corrected chi connectivity index (χ1v) is 6.36. The zero-order valence-electron chi connectivity index (χ0n) is 11.3. The number of methoxy groups -OCH3 is 1. The molecule has 0 bridgehead atoms. The van der Waals surface area contributed by atoms with Crippen LogP contribution in [0.4, 0.5) is 0 Å². The molecule has 0 N–H and O–H groups in total. The number of ether oxygens (including phenoxy) is 1. The van der Waals surface area contributed by atoms with Crippen LogP contribution in [0.15, 0.2) is 57.7 Å². The Labute approximate surface area is 116 Å². The quantitative estimate of drug-likeness (QED) is 0.708. The molecule has 0 spiro atoms. The van der Waals surface area contributed by atoms with Crippen LogP contribution in [0.1, 0.15) is 5.56 Å². The molecule has 0 fully saturated rings. The summed E-state index contributed by atoms with van der Waals surface area (Å²) in [5.41, 5.74) is 2.43. The third-order valence-corrected chi connectivity index (χ3v) is 3.24. The van der Waals surface area contributed by atoms with Gasteiger partial charge in [-0.3, -0.25) is 4.79 Å². The maximum absolute atomic E-state index is 12.2. The van der Waals surface area contributed by atoms with Gasteiger partial charge in [-0.05, 0) is 31.2 Å². The van der Waals surface area contributed by atoms with Gasteiger partial charge in [0.15, 0.2) is 5.43 Å². The lowest BCUT2D eigenvalue weighted by Gasteiger charge is -2.05. The second-order valence-electron chi connectivity index (χ2n) is 4.71. The Balaban J connectivity index is 2.22. The fraction of sp³-hybridized carbons (Fsp3) is 0.118. The summed E-state index contributed by atoms with van der Waals surface area (Å²) in [5, 5.41) is 0.608. The summed E-state index contributed by atoms with van der Waals surface area (Å²) in [5.74, 6) is 1.28. The normalized spacial score (nSPS) is 10.7. The minimum atomic E-state index is -0.0345. The highest BCUT2D eigenvalue weighted by Crippen LogP contribution is 2.25. The number of hydrogen-bond acceptors (Lipinski definition) is 3. The molecule has 0 radical (unpaired) electrons. The van der Waals surface area contributed by atoms with Gasteiger partial charge in [0.25, 0.3) is 0 Å². The maximum atomic E-state index is 12.2. The molecule has 1 heterocycles. The lowest BCUT2D eigenvalue weighted by atomic mass is 10.1. The molecule has 3 nitrogen and oxygen atoms in total. The third-order valence-electron chi connectivity index (χ3n) is 3.24. The van der Waals surface area contributed by atoms with Crippen molar-refractivity contribution in [2.45, 2.75) is 6.92 Å². The molecule has 0 aliphatic carbocycles. The molecule has 0 amide bonds. The van der Waals surface area contributed by atoms with Gasteiger partial charge in [0, 0.05) is 11.6 Å². The van der Waals surface area contributed by atoms with Crippen molar-refractivity contribution in [3.8, 4) is 17.1 Å². The molecule has 20 heavy (non-hydrogen) atoms. The van der Waals surface area contributed by atoms with E-state index < -0.39 is 0 Å². The minimum Gasteiger partial charge on any atom is -0.497 e. The van der Waals surface area contributed by atoms with Gasteiger partial charge in [-0.25, -0.2) is 0 Å². The third kappa shape index (κ3) is 2.18. The van der Waals surface area contributed by atoms with Crippen molar-refractivity contribution in [1.29, 1.82) is 0 Å². The van der Waals surface area contributed by atoms with Crippen molar-refractivity contribution >= 4 is 11.0 Å². The van der Waals surface area contributed by atoms with E-state index in [-0.39, 0.29) is 5.43 Å². The van der Waals surface area contributed by atoms with Gasteiger partial charge in [-0.1, -0.05) is 23.8 Å². The first kappa shape index (κ1) is 12.5. The molecule has 3 heteroatoms. The largest absolute Gasteiger partial charge is 0.497 e. The number of benzene rings is 2. The Morgan fingerprint density at radius 1 is 1.05 bits per heavy atom. The van der Waals surface area contributed by atoms with Crippen LogP contribution in [0.25, 0.3) is 22.3 Å². The van der Waals surface area contributed by atoms with Crippen LogP contribution in [0.3, 0.4) is 0 Å². The van der Waals surface area contributed by atoms with Crippen LogP contribution >= 0.6 is 0 Å². The molecule has 0 saturated carbocycles. The average molecular weight is 266 g/mol. The highest BCUT2D eigenvalue weighted by atomic mass is 16.5. The van der Waals surface area contributed by atoms with Crippen LogP contribution in [-0.4, -0.2) is 7.11 Å². The predicted octanol–water partition coefficient (Wildman–Crippen LogP) is 3.78. The second kappa shape index (κ2) is 4.85. The van der Waals surface area contributed by atoms with Gasteiger partial charge in [0.05, 0.1) is 12.5 Å². The molecule has 0 unspecified atom stereocenters. The summed E-state index contributed by atoms with van der Waals surface area (Å²) < 4.78 is 11.0. The van der Waals surface area contributed by atoms with E-state index in [0.717, 1.165) is 16.9 Å². The van der Waals surface area contributed by atoms with Gasteiger partial charge in [-0.15, -0.1) is 0 Å². The molecule has 3 aromatic rings. The molecule has 0 atom stereocenters. The highest BCUT2D eigenvalue weighted by molar-refractivity contribution is 5.79. The monoisotopic (exact) mass is 266 g/mol. The Morgan fingerprint density at radius 3 is 2.70 bits per heavy atom.